The smallest absolute Gasteiger partial charge is 0.223 e. The number of benzene rings is 2. The first-order valence-electron chi connectivity index (χ1n) is 10.9. The number of aromatic hydroxyl groups is 1. The molecule has 0 aliphatic carbocycles. The summed E-state index contributed by atoms with van der Waals surface area (Å²) in [6.45, 7) is 4.94. The molecule has 1 amide bonds. The molecule has 1 aromatic heterocycles. The van der Waals surface area contributed by atoms with Crippen LogP contribution in [0.25, 0.3) is 10.9 Å². The maximum Gasteiger partial charge on any atom is 0.223 e. The Bertz CT molecular complexity index is 1150. The van der Waals surface area contributed by atoms with Gasteiger partial charge in [-0.1, -0.05) is 6.92 Å². The van der Waals surface area contributed by atoms with Gasteiger partial charge in [-0.3, -0.25) is 9.79 Å². The van der Waals surface area contributed by atoms with Gasteiger partial charge in [0.05, 0.1) is 36.7 Å². The lowest BCUT2D eigenvalue weighted by atomic mass is 10.1. The summed E-state index contributed by atoms with van der Waals surface area (Å²) >= 11 is 0. The SMILES string of the molecule is CCC(=Nc1ccc(N(CCN(C)C)C(C)=O)cc1)c1c(O)[nH]c2cc(OC)c(OC)cc12. The first-order valence-corrected chi connectivity index (χ1v) is 10.9. The first-order chi connectivity index (χ1) is 15.8. The monoisotopic (exact) mass is 452 g/mol. The number of methoxy groups -OCH3 is 2. The van der Waals surface area contributed by atoms with E-state index in [4.69, 9.17) is 14.5 Å². The van der Waals surface area contributed by atoms with Gasteiger partial charge in [0.25, 0.3) is 0 Å². The van der Waals surface area contributed by atoms with Crippen molar-refractivity contribution in [2.24, 2.45) is 4.99 Å². The Kier molecular flexibility index (Phi) is 7.60. The van der Waals surface area contributed by atoms with Crippen LogP contribution in [-0.4, -0.2) is 68.0 Å². The lowest BCUT2D eigenvalue weighted by Gasteiger charge is -2.23. The van der Waals surface area contributed by atoms with Crippen molar-refractivity contribution in [3.63, 3.8) is 0 Å². The van der Waals surface area contributed by atoms with Crippen molar-refractivity contribution in [3.8, 4) is 17.4 Å². The van der Waals surface area contributed by atoms with Crippen molar-refractivity contribution >= 4 is 33.9 Å². The Labute approximate surface area is 194 Å². The number of anilines is 1. The number of aromatic amines is 1. The van der Waals surface area contributed by atoms with Crippen LogP contribution < -0.4 is 14.4 Å². The molecule has 0 fully saturated rings. The summed E-state index contributed by atoms with van der Waals surface area (Å²) in [5.41, 5.74) is 3.66. The zero-order valence-corrected chi connectivity index (χ0v) is 20.1. The Morgan fingerprint density at radius 1 is 1.06 bits per heavy atom. The van der Waals surface area contributed by atoms with Crippen molar-refractivity contribution in [1.29, 1.82) is 0 Å². The van der Waals surface area contributed by atoms with Gasteiger partial charge < -0.3 is 29.4 Å². The Morgan fingerprint density at radius 3 is 2.24 bits per heavy atom. The number of aromatic nitrogens is 1. The number of amides is 1. The topological polar surface area (TPSA) is 90.4 Å². The van der Waals surface area contributed by atoms with Crippen LogP contribution in [0.4, 0.5) is 11.4 Å². The number of H-pyrrole nitrogens is 1. The fourth-order valence-electron chi connectivity index (χ4n) is 3.74. The predicted octanol–water partition coefficient (Wildman–Crippen LogP) is 4.34. The highest BCUT2D eigenvalue weighted by Crippen LogP contribution is 2.37. The van der Waals surface area contributed by atoms with Crippen LogP contribution in [0.1, 0.15) is 25.8 Å². The minimum Gasteiger partial charge on any atom is -0.494 e. The van der Waals surface area contributed by atoms with E-state index in [-0.39, 0.29) is 11.8 Å². The maximum absolute atomic E-state index is 12.1. The summed E-state index contributed by atoms with van der Waals surface area (Å²) in [7, 11) is 7.11. The molecule has 0 saturated heterocycles. The van der Waals surface area contributed by atoms with Crippen molar-refractivity contribution in [2.75, 3.05) is 46.3 Å². The second kappa shape index (κ2) is 10.4. The zero-order valence-electron chi connectivity index (χ0n) is 20.1. The molecule has 1 heterocycles. The quantitative estimate of drug-likeness (QED) is 0.472. The Hall–Kier alpha value is -3.52. The number of nitrogens with one attached hydrogen (secondary N) is 1. The number of nitrogens with zero attached hydrogens (tertiary/aromatic N) is 3. The van der Waals surface area contributed by atoms with E-state index >= 15 is 0 Å². The van der Waals surface area contributed by atoms with Crippen LogP contribution in [0, 0.1) is 0 Å². The van der Waals surface area contributed by atoms with E-state index in [0.29, 0.717) is 30.0 Å². The van der Waals surface area contributed by atoms with Crippen molar-refractivity contribution in [2.45, 2.75) is 20.3 Å². The highest BCUT2D eigenvalue weighted by atomic mass is 16.5. The predicted molar refractivity (Wildman–Crippen MR) is 133 cm³/mol. The number of carbonyl (C=O) groups is 1. The molecule has 0 atom stereocenters. The summed E-state index contributed by atoms with van der Waals surface area (Å²) < 4.78 is 10.8. The van der Waals surface area contributed by atoms with Crippen molar-refractivity contribution < 1.29 is 19.4 Å². The van der Waals surface area contributed by atoms with Gasteiger partial charge in [0.15, 0.2) is 17.4 Å². The number of likely N-dealkylation sites (N-methyl/N-ethyl adjacent to an activating group) is 1. The molecular weight excluding hydrogens is 420 g/mol. The van der Waals surface area contributed by atoms with Gasteiger partial charge in [0.1, 0.15) is 0 Å². The number of hydrogen-bond acceptors (Lipinski definition) is 6. The minimum absolute atomic E-state index is 0.00422. The molecule has 0 unspecified atom stereocenters. The molecule has 3 rings (SSSR count). The molecule has 0 saturated carbocycles. The van der Waals surface area contributed by atoms with E-state index < -0.39 is 0 Å². The number of ether oxygens (including phenoxy) is 2. The Balaban J connectivity index is 1.97. The second-order valence-corrected chi connectivity index (χ2v) is 8.00. The molecule has 33 heavy (non-hydrogen) atoms. The molecule has 8 heteroatoms. The zero-order chi connectivity index (χ0) is 24.1. The molecule has 176 valence electrons. The van der Waals surface area contributed by atoms with Gasteiger partial charge in [-0.05, 0) is 50.8 Å². The summed E-state index contributed by atoms with van der Waals surface area (Å²) in [6.07, 6.45) is 0.610. The van der Waals surface area contributed by atoms with Gasteiger partial charge in [0.2, 0.25) is 5.91 Å². The van der Waals surface area contributed by atoms with Gasteiger partial charge in [-0.2, -0.15) is 0 Å². The van der Waals surface area contributed by atoms with Crippen LogP contribution in [0.3, 0.4) is 0 Å². The van der Waals surface area contributed by atoms with Gasteiger partial charge >= 0.3 is 0 Å². The fraction of sp³-hybridized carbons (Fsp3) is 0.360. The molecule has 0 radical (unpaired) electrons. The molecule has 2 aromatic carbocycles. The number of rotatable bonds is 9. The van der Waals surface area contributed by atoms with Crippen LogP contribution in [0.15, 0.2) is 41.4 Å². The fourth-order valence-corrected chi connectivity index (χ4v) is 3.74. The van der Waals surface area contributed by atoms with Gasteiger partial charge in [0, 0.05) is 37.2 Å². The Morgan fingerprint density at radius 2 is 1.70 bits per heavy atom. The summed E-state index contributed by atoms with van der Waals surface area (Å²) in [5.74, 6) is 1.19. The lowest BCUT2D eigenvalue weighted by molar-refractivity contribution is -0.116. The molecule has 2 N–H and O–H groups in total. The summed E-state index contributed by atoms with van der Waals surface area (Å²) in [4.78, 5) is 23.7. The van der Waals surface area contributed by atoms with Gasteiger partial charge in [-0.15, -0.1) is 0 Å². The average molecular weight is 453 g/mol. The molecule has 0 spiro atoms. The van der Waals surface area contributed by atoms with E-state index in [1.807, 2.05) is 56.3 Å². The lowest BCUT2D eigenvalue weighted by Crippen LogP contribution is -2.35. The van der Waals surface area contributed by atoms with E-state index in [1.54, 1.807) is 32.1 Å². The highest BCUT2D eigenvalue weighted by Gasteiger charge is 2.19. The maximum atomic E-state index is 12.1. The van der Waals surface area contributed by atoms with Crippen LogP contribution in [0.2, 0.25) is 0 Å². The minimum atomic E-state index is -0.00422. The molecule has 0 aliphatic rings. The van der Waals surface area contributed by atoms with Crippen molar-refractivity contribution in [3.05, 3.63) is 42.0 Å². The average Bonchev–Trinajstić information content (AvgIpc) is 3.11. The number of hydrogen-bond donors (Lipinski definition) is 2. The normalized spacial score (nSPS) is 11.8. The molecule has 3 aromatic rings. The van der Waals surface area contributed by atoms with Crippen LogP contribution in [-0.2, 0) is 4.79 Å². The third-order valence-corrected chi connectivity index (χ3v) is 5.48. The third kappa shape index (κ3) is 5.28. The number of aliphatic imine (C=N–C) groups is 1. The summed E-state index contributed by atoms with van der Waals surface area (Å²) in [6, 6.07) is 11.2. The number of carbonyl (C=O) groups excluding carboxylic acids is 1. The van der Waals surface area contributed by atoms with Crippen LogP contribution in [0.5, 0.6) is 17.4 Å². The highest BCUT2D eigenvalue weighted by molar-refractivity contribution is 6.14. The number of fused-ring (bicyclic) bond motifs is 1. The molecule has 0 aliphatic heterocycles. The van der Waals surface area contributed by atoms with E-state index in [2.05, 4.69) is 4.98 Å². The molecule has 8 nitrogen and oxygen atoms in total. The second-order valence-electron chi connectivity index (χ2n) is 8.00. The third-order valence-electron chi connectivity index (χ3n) is 5.48. The van der Waals surface area contributed by atoms with E-state index in [9.17, 15) is 9.90 Å². The molecular formula is C25H32N4O4. The standard InChI is InChI=1S/C25H32N4O4/c1-7-20(24-19-14-22(32-5)23(33-6)15-21(19)27-25(24)31)26-17-8-10-18(11-9-17)29(16(2)30)13-12-28(3)4/h8-11,14-15,27,31H,7,12-13H2,1-6H3. The van der Waals surface area contributed by atoms with Gasteiger partial charge in [-0.25, -0.2) is 0 Å². The molecule has 0 bridgehead atoms. The van der Waals surface area contributed by atoms with E-state index in [1.165, 1.54) is 0 Å². The van der Waals surface area contributed by atoms with E-state index in [0.717, 1.165) is 34.5 Å². The first kappa shape index (κ1) is 24.1. The summed E-state index contributed by atoms with van der Waals surface area (Å²) in [5, 5.41) is 11.5. The largest absolute Gasteiger partial charge is 0.494 e. The van der Waals surface area contributed by atoms with Crippen LogP contribution >= 0.6 is 0 Å². The van der Waals surface area contributed by atoms with Crippen molar-refractivity contribution in [1.82, 2.24) is 9.88 Å².